The Morgan fingerprint density at radius 2 is 1.89 bits per heavy atom. The lowest BCUT2D eigenvalue weighted by Crippen LogP contribution is -2.30. The van der Waals surface area contributed by atoms with E-state index < -0.39 is 22.2 Å². The molecule has 1 aliphatic rings. The highest BCUT2D eigenvalue weighted by molar-refractivity contribution is 7.89. The summed E-state index contributed by atoms with van der Waals surface area (Å²) >= 11 is 0. The van der Waals surface area contributed by atoms with Crippen LogP contribution in [0.25, 0.3) is 0 Å². The van der Waals surface area contributed by atoms with Crippen molar-refractivity contribution in [1.29, 1.82) is 5.26 Å². The fraction of sp³-hybridized carbons (Fsp3) is 0.364. The second-order valence-electron chi connectivity index (χ2n) is 4.32. The van der Waals surface area contributed by atoms with Crippen LogP contribution in [0, 0.1) is 11.3 Å². The Hall–Kier alpha value is -1.66. The molecule has 2 rings (SSSR count). The molecule has 4 N–H and O–H groups in total. The number of sulfonamides is 1. The van der Waals surface area contributed by atoms with E-state index in [1.165, 1.54) is 18.2 Å². The van der Waals surface area contributed by atoms with Crippen molar-refractivity contribution in [3.8, 4) is 6.07 Å². The van der Waals surface area contributed by atoms with Gasteiger partial charge in [-0.1, -0.05) is 0 Å². The first-order chi connectivity index (χ1) is 8.86. The zero-order valence-electron chi connectivity index (χ0n) is 9.89. The number of nitriles is 1. The molecule has 1 fully saturated rings. The molecule has 1 saturated heterocycles. The average molecular weight is 283 g/mol. The summed E-state index contributed by atoms with van der Waals surface area (Å²) in [6.07, 6.45) is -2.23. The average Bonchev–Trinajstić information content (AvgIpc) is 2.70. The van der Waals surface area contributed by atoms with Crippen LogP contribution in [0.3, 0.4) is 0 Å². The van der Waals surface area contributed by atoms with Crippen molar-refractivity contribution in [2.45, 2.75) is 17.1 Å². The van der Waals surface area contributed by atoms with Gasteiger partial charge in [0.25, 0.3) is 0 Å². The van der Waals surface area contributed by atoms with Gasteiger partial charge in [0.15, 0.2) is 0 Å². The molecular weight excluding hydrogens is 270 g/mol. The summed E-state index contributed by atoms with van der Waals surface area (Å²) in [6.45, 7) is -0.391. The highest BCUT2D eigenvalue weighted by Crippen LogP contribution is 2.25. The summed E-state index contributed by atoms with van der Waals surface area (Å²) in [5.74, 6) is 0. The number of anilines is 1. The molecule has 19 heavy (non-hydrogen) atoms. The van der Waals surface area contributed by atoms with E-state index in [0.29, 0.717) is 0 Å². The maximum Gasteiger partial charge on any atom is 0.244 e. The van der Waals surface area contributed by atoms with E-state index in [2.05, 4.69) is 0 Å². The topological polar surface area (TPSA) is 128 Å². The number of hydrogen-bond donors (Lipinski definition) is 3. The van der Waals surface area contributed by atoms with Gasteiger partial charge >= 0.3 is 0 Å². The number of benzene rings is 1. The minimum absolute atomic E-state index is 0.0594. The Balaban J connectivity index is 2.44. The Morgan fingerprint density at radius 1 is 1.32 bits per heavy atom. The molecule has 1 aromatic carbocycles. The van der Waals surface area contributed by atoms with Crippen molar-refractivity contribution in [3.63, 3.8) is 0 Å². The highest BCUT2D eigenvalue weighted by atomic mass is 32.2. The molecule has 0 aromatic heterocycles. The maximum atomic E-state index is 12.3. The molecule has 0 spiro atoms. The van der Waals surface area contributed by atoms with Crippen molar-refractivity contribution in [3.05, 3.63) is 23.8 Å². The molecule has 0 bridgehead atoms. The predicted octanol–water partition coefficient (Wildman–Crippen LogP) is -1.13. The van der Waals surface area contributed by atoms with Crippen LogP contribution >= 0.6 is 0 Å². The molecule has 0 radical (unpaired) electrons. The number of nitrogens with zero attached hydrogens (tertiary/aromatic N) is 2. The van der Waals surface area contributed by atoms with Crippen molar-refractivity contribution in [2.75, 3.05) is 18.8 Å². The van der Waals surface area contributed by atoms with Gasteiger partial charge in [0.1, 0.15) is 11.0 Å². The minimum atomic E-state index is -3.93. The largest absolute Gasteiger partial charge is 0.399 e. The molecule has 0 aliphatic carbocycles. The summed E-state index contributed by atoms with van der Waals surface area (Å²) in [6, 6.07) is 5.69. The second-order valence-corrected chi connectivity index (χ2v) is 6.23. The first kappa shape index (κ1) is 13.8. The quantitative estimate of drug-likeness (QED) is 0.589. The highest BCUT2D eigenvalue weighted by Gasteiger charge is 2.38. The van der Waals surface area contributed by atoms with Crippen molar-refractivity contribution in [2.24, 2.45) is 0 Å². The summed E-state index contributed by atoms with van der Waals surface area (Å²) in [4.78, 5) is -0.175. The van der Waals surface area contributed by atoms with Gasteiger partial charge in [-0.15, -0.1) is 0 Å². The van der Waals surface area contributed by atoms with Crippen LogP contribution in [0.1, 0.15) is 5.56 Å². The molecule has 1 aromatic rings. The third-order valence-electron chi connectivity index (χ3n) is 2.97. The summed E-state index contributed by atoms with van der Waals surface area (Å²) in [5, 5.41) is 27.8. The maximum absolute atomic E-state index is 12.3. The molecular formula is C11H13N3O4S. The van der Waals surface area contributed by atoms with Gasteiger partial charge in [-0.05, 0) is 18.2 Å². The molecule has 1 heterocycles. The molecule has 0 amide bonds. The Kier molecular flexibility index (Phi) is 3.47. The lowest BCUT2D eigenvalue weighted by molar-refractivity contribution is 0.0572. The van der Waals surface area contributed by atoms with Gasteiger partial charge in [-0.25, -0.2) is 8.42 Å². The Bertz CT molecular complexity index is 628. The van der Waals surface area contributed by atoms with Gasteiger partial charge in [-0.2, -0.15) is 9.57 Å². The predicted molar refractivity (Wildman–Crippen MR) is 66.3 cm³/mol. The molecule has 0 unspecified atom stereocenters. The van der Waals surface area contributed by atoms with Crippen LogP contribution in [0.2, 0.25) is 0 Å². The number of hydrogen-bond acceptors (Lipinski definition) is 6. The number of aliphatic hydroxyl groups excluding tert-OH is 2. The lowest BCUT2D eigenvalue weighted by Gasteiger charge is -2.16. The zero-order chi connectivity index (χ0) is 14.2. The van der Waals surface area contributed by atoms with E-state index in [1.807, 2.05) is 0 Å². The monoisotopic (exact) mass is 283 g/mol. The molecule has 0 saturated carbocycles. The fourth-order valence-electron chi connectivity index (χ4n) is 1.93. The van der Waals surface area contributed by atoms with Gasteiger partial charge in [0.2, 0.25) is 10.0 Å². The van der Waals surface area contributed by atoms with Gasteiger partial charge in [-0.3, -0.25) is 0 Å². The van der Waals surface area contributed by atoms with Gasteiger partial charge < -0.3 is 15.9 Å². The summed E-state index contributed by atoms with van der Waals surface area (Å²) in [5.41, 5.74) is 5.73. The summed E-state index contributed by atoms with van der Waals surface area (Å²) in [7, 11) is -3.93. The number of nitrogen functional groups attached to an aromatic ring is 1. The lowest BCUT2D eigenvalue weighted by atomic mass is 10.2. The van der Waals surface area contributed by atoms with Crippen LogP contribution in [-0.4, -0.2) is 48.2 Å². The van der Waals surface area contributed by atoms with E-state index in [0.717, 1.165) is 4.31 Å². The van der Waals surface area contributed by atoms with Crippen molar-refractivity contribution >= 4 is 15.7 Å². The van der Waals surface area contributed by atoms with E-state index in [1.54, 1.807) is 6.07 Å². The van der Waals surface area contributed by atoms with Crippen LogP contribution in [-0.2, 0) is 10.0 Å². The first-order valence-electron chi connectivity index (χ1n) is 5.52. The number of β-amino-alcohol motifs (C(OH)–C–C–N with tert-alkyl or cyclic N) is 2. The molecule has 7 nitrogen and oxygen atoms in total. The zero-order valence-corrected chi connectivity index (χ0v) is 10.7. The normalized spacial score (nSPS) is 24.3. The number of rotatable bonds is 2. The molecule has 102 valence electrons. The van der Waals surface area contributed by atoms with E-state index in [-0.39, 0.29) is 29.2 Å². The third kappa shape index (κ3) is 2.41. The fourth-order valence-corrected chi connectivity index (χ4v) is 3.53. The van der Waals surface area contributed by atoms with E-state index >= 15 is 0 Å². The Labute approximate surface area is 110 Å². The number of aliphatic hydroxyl groups is 2. The standard InChI is InChI=1S/C11H13N3O4S/c12-4-7-3-8(13)1-2-11(7)19(17,18)14-5-9(15)10(16)6-14/h1-3,9-10,15-16H,5-6,13H2/t9-,10+. The smallest absolute Gasteiger partial charge is 0.244 e. The minimum Gasteiger partial charge on any atom is -0.399 e. The van der Waals surface area contributed by atoms with E-state index in [9.17, 15) is 18.6 Å². The molecule has 1 aliphatic heterocycles. The summed E-state index contributed by atoms with van der Waals surface area (Å²) < 4.78 is 25.6. The van der Waals surface area contributed by atoms with Crippen LogP contribution < -0.4 is 5.73 Å². The van der Waals surface area contributed by atoms with Crippen molar-refractivity contribution < 1.29 is 18.6 Å². The SMILES string of the molecule is N#Cc1cc(N)ccc1S(=O)(=O)N1C[C@@H](O)[C@@H](O)C1. The molecule has 8 heteroatoms. The van der Waals surface area contributed by atoms with Crippen LogP contribution in [0.4, 0.5) is 5.69 Å². The van der Waals surface area contributed by atoms with Gasteiger partial charge in [0, 0.05) is 18.8 Å². The third-order valence-corrected chi connectivity index (χ3v) is 4.86. The Morgan fingerprint density at radius 3 is 2.42 bits per heavy atom. The van der Waals surface area contributed by atoms with Gasteiger partial charge in [0.05, 0.1) is 17.8 Å². The van der Waals surface area contributed by atoms with Crippen LogP contribution in [0.15, 0.2) is 23.1 Å². The van der Waals surface area contributed by atoms with Crippen LogP contribution in [0.5, 0.6) is 0 Å². The van der Waals surface area contributed by atoms with E-state index in [4.69, 9.17) is 11.0 Å². The first-order valence-corrected chi connectivity index (χ1v) is 6.96. The molecule has 2 atom stereocenters. The second kappa shape index (κ2) is 4.79. The van der Waals surface area contributed by atoms with Crippen molar-refractivity contribution in [1.82, 2.24) is 4.31 Å². The number of nitrogens with two attached hydrogens (primary N) is 1.